The van der Waals surface area contributed by atoms with E-state index in [0.717, 1.165) is 0 Å². The van der Waals surface area contributed by atoms with Crippen LogP contribution in [0, 0.1) is 13.8 Å². The van der Waals surface area contributed by atoms with Crippen molar-refractivity contribution in [1.29, 1.82) is 0 Å². The van der Waals surface area contributed by atoms with Crippen LogP contribution < -0.4 is 28.3 Å². The largest absolute Gasteiger partial charge is 1.00 e. The van der Waals surface area contributed by atoms with Crippen molar-refractivity contribution in [1.82, 2.24) is 0 Å². The first-order valence-corrected chi connectivity index (χ1v) is 8.82. The van der Waals surface area contributed by atoms with Crippen LogP contribution in [0.1, 0.15) is 11.1 Å². The van der Waals surface area contributed by atoms with Crippen molar-refractivity contribution in [3.63, 3.8) is 0 Å². The Labute approximate surface area is 140 Å². The maximum Gasteiger partial charge on any atom is 0.105 e. The van der Waals surface area contributed by atoms with Crippen molar-refractivity contribution in [3.05, 3.63) is 90.0 Å². The lowest BCUT2D eigenvalue weighted by molar-refractivity contribution is -0.00000414. The van der Waals surface area contributed by atoms with Crippen molar-refractivity contribution < 1.29 is 12.4 Å². The molecule has 112 valence electrons. The summed E-state index contributed by atoms with van der Waals surface area (Å²) in [7, 11) is -0.930. The van der Waals surface area contributed by atoms with Crippen LogP contribution >= 0.6 is 7.92 Å². The molecular formula is C20H20ClP. The standard InChI is InChI=1S/C20H19P.ClH/c1-16-10-9-15-20(17(16)2)21(18-11-5-3-6-12-18)19-13-7-4-8-14-19;/h3-15H,1-2H3;1H. The van der Waals surface area contributed by atoms with Gasteiger partial charge in [-0.2, -0.15) is 0 Å². The summed E-state index contributed by atoms with van der Waals surface area (Å²) in [5.41, 5.74) is 2.81. The Hall–Kier alpha value is -1.62. The maximum atomic E-state index is 2.30. The molecule has 3 rings (SSSR count). The Kier molecular flexibility index (Phi) is 5.77. The molecule has 0 N–H and O–H groups in total. The number of rotatable bonds is 3. The zero-order chi connectivity index (χ0) is 14.7. The Balaban J connectivity index is 0.00000176. The highest BCUT2D eigenvalue weighted by atomic mass is 35.5. The summed E-state index contributed by atoms with van der Waals surface area (Å²) in [6.07, 6.45) is 0. The molecule has 0 heterocycles. The number of halogens is 1. The van der Waals surface area contributed by atoms with Gasteiger partial charge in [0.15, 0.2) is 0 Å². The fourth-order valence-electron chi connectivity index (χ4n) is 2.71. The zero-order valence-electron chi connectivity index (χ0n) is 12.9. The maximum absolute atomic E-state index is 2.30. The van der Waals surface area contributed by atoms with Crippen LogP contribution in [0.3, 0.4) is 0 Å². The van der Waals surface area contributed by atoms with Gasteiger partial charge in [0.05, 0.1) is 7.92 Å². The van der Waals surface area contributed by atoms with Gasteiger partial charge < -0.3 is 12.4 Å². The Morgan fingerprint density at radius 2 is 1.09 bits per heavy atom. The zero-order valence-corrected chi connectivity index (χ0v) is 14.6. The topological polar surface area (TPSA) is 0 Å². The molecule has 0 aliphatic carbocycles. The number of benzene rings is 3. The molecule has 0 radical (unpaired) electrons. The quantitative estimate of drug-likeness (QED) is 0.625. The molecule has 0 aliphatic heterocycles. The molecule has 0 nitrogen and oxygen atoms in total. The monoisotopic (exact) mass is 326 g/mol. The first-order chi connectivity index (χ1) is 10.3. The van der Waals surface area contributed by atoms with E-state index in [-0.39, 0.29) is 12.4 Å². The van der Waals surface area contributed by atoms with E-state index < -0.39 is 7.92 Å². The van der Waals surface area contributed by atoms with Crippen LogP contribution in [0.4, 0.5) is 0 Å². The minimum Gasteiger partial charge on any atom is -1.00 e. The fraction of sp³-hybridized carbons (Fsp3) is 0.100. The SMILES string of the molecule is Cc1cccc([PH+](c2ccccc2)c2ccccc2)c1C.[Cl-]. The van der Waals surface area contributed by atoms with Crippen LogP contribution in [-0.2, 0) is 0 Å². The van der Waals surface area contributed by atoms with Crippen LogP contribution in [0.25, 0.3) is 0 Å². The molecule has 0 unspecified atom stereocenters. The van der Waals surface area contributed by atoms with Crippen molar-refractivity contribution in [3.8, 4) is 0 Å². The van der Waals surface area contributed by atoms with E-state index in [1.54, 1.807) is 0 Å². The molecule has 0 saturated heterocycles. The normalized spacial score (nSPS) is 10.3. The highest BCUT2D eigenvalue weighted by Gasteiger charge is 2.26. The predicted octanol–water partition coefficient (Wildman–Crippen LogP) is 0.798. The van der Waals surface area contributed by atoms with E-state index in [2.05, 4.69) is 92.7 Å². The third kappa shape index (κ3) is 3.40. The lowest BCUT2D eigenvalue weighted by Crippen LogP contribution is -3.00. The lowest BCUT2D eigenvalue weighted by Gasteiger charge is -2.14. The summed E-state index contributed by atoms with van der Waals surface area (Å²) < 4.78 is 0. The Bertz CT molecular complexity index is 684. The van der Waals surface area contributed by atoms with E-state index >= 15 is 0 Å². The summed E-state index contributed by atoms with van der Waals surface area (Å²) in [6, 6.07) is 28.5. The van der Waals surface area contributed by atoms with E-state index in [1.165, 1.54) is 27.0 Å². The molecule has 0 spiro atoms. The average molecular weight is 327 g/mol. The number of aryl methyl sites for hydroxylation is 1. The molecule has 22 heavy (non-hydrogen) atoms. The molecule has 0 aliphatic rings. The van der Waals surface area contributed by atoms with Gasteiger partial charge in [0.1, 0.15) is 15.9 Å². The third-order valence-corrected chi connectivity index (χ3v) is 6.90. The fourth-order valence-corrected chi connectivity index (χ4v) is 5.55. The molecule has 2 heteroatoms. The third-order valence-electron chi connectivity index (χ3n) is 4.00. The highest BCUT2D eigenvalue weighted by molar-refractivity contribution is 7.79. The van der Waals surface area contributed by atoms with E-state index in [9.17, 15) is 0 Å². The molecule has 0 bridgehead atoms. The number of hydrogen-bond acceptors (Lipinski definition) is 0. The van der Waals surface area contributed by atoms with E-state index in [1.807, 2.05) is 0 Å². The molecule has 0 atom stereocenters. The van der Waals surface area contributed by atoms with Gasteiger partial charge >= 0.3 is 0 Å². The van der Waals surface area contributed by atoms with Gasteiger partial charge in [0.25, 0.3) is 0 Å². The second kappa shape index (κ2) is 7.58. The van der Waals surface area contributed by atoms with Gasteiger partial charge in [0, 0.05) is 0 Å². The van der Waals surface area contributed by atoms with Crippen LogP contribution in [0.5, 0.6) is 0 Å². The second-order valence-corrected chi connectivity index (χ2v) is 7.80. The van der Waals surface area contributed by atoms with Gasteiger partial charge in [-0.3, -0.25) is 0 Å². The first-order valence-electron chi connectivity index (χ1n) is 7.32. The minimum atomic E-state index is -0.930. The molecule has 0 saturated carbocycles. The van der Waals surface area contributed by atoms with Gasteiger partial charge in [-0.25, -0.2) is 0 Å². The van der Waals surface area contributed by atoms with Crippen molar-refractivity contribution in [2.75, 3.05) is 0 Å². The van der Waals surface area contributed by atoms with Gasteiger partial charge in [-0.05, 0) is 55.3 Å². The Morgan fingerprint density at radius 1 is 0.591 bits per heavy atom. The Morgan fingerprint density at radius 3 is 1.59 bits per heavy atom. The van der Waals surface area contributed by atoms with Crippen molar-refractivity contribution >= 4 is 23.8 Å². The van der Waals surface area contributed by atoms with Crippen molar-refractivity contribution in [2.45, 2.75) is 13.8 Å². The second-order valence-electron chi connectivity index (χ2n) is 5.35. The molecule has 0 amide bonds. The molecule has 3 aromatic rings. The van der Waals surface area contributed by atoms with Crippen LogP contribution in [0.15, 0.2) is 78.9 Å². The summed E-state index contributed by atoms with van der Waals surface area (Å²) in [5, 5.41) is 4.39. The van der Waals surface area contributed by atoms with Crippen molar-refractivity contribution in [2.24, 2.45) is 0 Å². The lowest BCUT2D eigenvalue weighted by atomic mass is 10.1. The van der Waals surface area contributed by atoms with Gasteiger partial charge in [-0.15, -0.1) is 0 Å². The summed E-state index contributed by atoms with van der Waals surface area (Å²) >= 11 is 0. The molecule has 0 fully saturated rings. The van der Waals surface area contributed by atoms with E-state index in [4.69, 9.17) is 0 Å². The predicted molar refractivity (Wildman–Crippen MR) is 96.0 cm³/mol. The molecule has 3 aromatic carbocycles. The summed E-state index contributed by atoms with van der Waals surface area (Å²) in [5.74, 6) is 0. The number of hydrogen-bond donors (Lipinski definition) is 0. The van der Waals surface area contributed by atoms with Crippen LogP contribution in [-0.4, -0.2) is 0 Å². The first kappa shape index (κ1) is 16.7. The smallest absolute Gasteiger partial charge is 0.105 e. The minimum absolute atomic E-state index is 0. The van der Waals surface area contributed by atoms with Gasteiger partial charge in [-0.1, -0.05) is 48.5 Å². The summed E-state index contributed by atoms with van der Waals surface area (Å²) in [4.78, 5) is 0. The molecule has 0 aromatic heterocycles. The highest BCUT2D eigenvalue weighted by Crippen LogP contribution is 2.34. The summed E-state index contributed by atoms with van der Waals surface area (Å²) in [6.45, 7) is 4.45. The van der Waals surface area contributed by atoms with Gasteiger partial charge in [0.2, 0.25) is 0 Å². The average Bonchev–Trinajstić information content (AvgIpc) is 2.54. The molecular weight excluding hydrogens is 307 g/mol. The van der Waals surface area contributed by atoms with E-state index in [0.29, 0.717) is 0 Å². The van der Waals surface area contributed by atoms with Crippen LogP contribution in [0.2, 0.25) is 0 Å².